The fourth-order valence-corrected chi connectivity index (χ4v) is 3.14. The quantitative estimate of drug-likeness (QED) is 0.865. The number of aliphatic hydroxyl groups is 1. The van der Waals surface area contributed by atoms with Crippen LogP contribution in [-0.2, 0) is 0 Å². The van der Waals surface area contributed by atoms with Gasteiger partial charge in [0.2, 0.25) is 0 Å². The van der Waals surface area contributed by atoms with Crippen LogP contribution in [0, 0.1) is 0 Å². The second kappa shape index (κ2) is 7.03. The fraction of sp³-hybridized carbons (Fsp3) is 0.571. The minimum Gasteiger partial charge on any atom is -0.493 e. The second-order valence-corrected chi connectivity index (χ2v) is 5.81. The van der Waals surface area contributed by atoms with E-state index in [1.165, 1.54) is 12.2 Å². The molecule has 5 heteroatoms. The number of rotatable bonds is 5. The highest BCUT2D eigenvalue weighted by molar-refractivity contribution is 7.99. The molecule has 0 radical (unpaired) electrons. The molecule has 0 amide bonds. The average molecular weight is 283 g/mol. The normalized spacial score (nSPS) is 20.9. The molecule has 19 heavy (non-hydrogen) atoms. The predicted octanol–water partition coefficient (Wildman–Crippen LogP) is 1.96. The summed E-state index contributed by atoms with van der Waals surface area (Å²) in [4.78, 5) is 0. The molecule has 1 fully saturated rings. The Morgan fingerprint density at radius 2 is 2.32 bits per heavy atom. The molecule has 3 N–H and O–H groups in total. The first-order chi connectivity index (χ1) is 9.24. The van der Waals surface area contributed by atoms with Crippen LogP contribution in [0.4, 0.5) is 0 Å². The van der Waals surface area contributed by atoms with E-state index in [-0.39, 0.29) is 18.8 Å². The van der Waals surface area contributed by atoms with Gasteiger partial charge in [-0.15, -0.1) is 0 Å². The van der Waals surface area contributed by atoms with E-state index < -0.39 is 0 Å². The van der Waals surface area contributed by atoms with Crippen molar-refractivity contribution in [3.05, 3.63) is 23.8 Å². The average Bonchev–Trinajstić information content (AvgIpc) is 2.48. The first-order valence-corrected chi connectivity index (χ1v) is 7.69. The summed E-state index contributed by atoms with van der Waals surface area (Å²) < 4.78 is 11.3. The van der Waals surface area contributed by atoms with Gasteiger partial charge in [-0.2, -0.15) is 11.8 Å². The Morgan fingerprint density at radius 3 is 2.95 bits per heavy atom. The Morgan fingerprint density at radius 1 is 1.47 bits per heavy atom. The van der Waals surface area contributed by atoms with Crippen LogP contribution in [0.5, 0.6) is 11.5 Å². The molecule has 2 rings (SSSR count). The molecule has 0 bridgehead atoms. The highest BCUT2D eigenvalue weighted by Crippen LogP contribution is 2.32. The summed E-state index contributed by atoms with van der Waals surface area (Å²) >= 11 is 1.93. The van der Waals surface area contributed by atoms with Gasteiger partial charge in [0.15, 0.2) is 11.5 Å². The number of hydrogen-bond acceptors (Lipinski definition) is 5. The van der Waals surface area contributed by atoms with Crippen LogP contribution in [0.1, 0.15) is 24.4 Å². The maximum atomic E-state index is 9.08. The summed E-state index contributed by atoms with van der Waals surface area (Å²) in [6, 6.07) is 5.22. The minimum absolute atomic E-state index is 0.0807. The third-order valence-corrected chi connectivity index (χ3v) is 4.41. The summed E-state index contributed by atoms with van der Waals surface area (Å²) in [5.74, 6) is 3.68. The van der Waals surface area contributed by atoms with Gasteiger partial charge in [-0.3, -0.25) is 0 Å². The Balaban J connectivity index is 2.11. The minimum atomic E-state index is -0.381. The van der Waals surface area contributed by atoms with Crippen LogP contribution < -0.4 is 15.2 Å². The van der Waals surface area contributed by atoms with Crippen LogP contribution in [0.2, 0.25) is 0 Å². The molecule has 2 unspecified atom stereocenters. The zero-order chi connectivity index (χ0) is 13.7. The smallest absolute Gasteiger partial charge is 0.161 e. The maximum Gasteiger partial charge on any atom is 0.161 e. The van der Waals surface area contributed by atoms with Crippen molar-refractivity contribution >= 4 is 11.8 Å². The second-order valence-electron chi connectivity index (χ2n) is 4.66. The Hall–Kier alpha value is -0.910. The van der Waals surface area contributed by atoms with Crippen LogP contribution in [-0.4, -0.2) is 36.4 Å². The monoisotopic (exact) mass is 283 g/mol. The first-order valence-electron chi connectivity index (χ1n) is 6.53. The van der Waals surface area contributed by atoms with Gasteiger partial charge in [-0.1, -0.05) is 6.07 Å². The SMILES string of the molecule is COc1cc(C(N)CO)ccc1OC1CCCSC1. The van der Waals surface area contributed by atoms with E-state index in [9.17, 15) is 0 Å². The summed E-state index contributed by atoms with van der Waals surface area (Å²) in [5.41, 5.74) is 6.65. The van der Waals surface area contributed by atoms with Crippen LogP contribution in [0.3, 0.4) is 0 Å². The summed E-state index contributed by atoms with van der Waals surface area (Å²) in [6.45, 7) is -0.0807. The standard InChI is InChI=1S/C14H21NO3S/c1-17-14-7-10(12(15)8-16)4-5-13(14)18-11-3-2-6-19-9-11/h4-5,7,11-12,16H,2-3,6,8-9,15H2,1H3. The highest BCUT2D eigenvalue weighted by atomic mass is 32.2. The lowest BCUT2D eigenvalue weighted by atomic mass is 10.1. The van der Waals surface area contributed by atoms with E-state index in [4.69, 9.17) is 20.3 Å². The molecule has 1 aliphatic rings. The maximum absolute atomic E-state index is 9.08. The molecule has 1 saturated heterocycles. The lowest BCUT2D eigenvalue weighted by molar-refractivity contribution is 0.202. The largest absolute Gasteiger partial charge is 0.493 e. The van der Waals surface area contributed by atoms with Gasteiger partial charge >= 0.3 is 0 Å². The topological polar surface area (TPSA) is 64.7 Å². The molecule has 106 valence electrons. The van der Waals surface area contributed by atoms with Crippen molar-refractivity contribution in [1.29, 1.82) is 0 Å². The van der Waals surface area contributed by atoms with Gasteiger partial charge in [0.05, 0.1) is 19.8 Å². The molecule has 1 heterocycles. The molecule has 0 spiro atoms. The summed E-state index contributed by atoms with van der Waals surface area (Å²) in [5, 5.41) is 9.08. The lowest BCUT2D eigenvalue weighted by Crippen LogP contribution is -2.23. The van der Waals surface area contributed by atoms with Crippen molar-refractivity contribution in [3.8, 4) is 11.5 Å². The molecular formula is C14H21NO3S. The molecule has 0 aromatic heterocycles. The van der Waals surface area contributed by atoms with Crippen LogP contribution in [0.15, 0.2) is 18.2 Å². The number of ether oxygens (including phenoxy) is 2. The third-order valence-electron chi connectivity index (χ3n) is 3.22. The number of thioether (sulfide) groups is 1. The Bertz CT molecular complexity index is 408. The zero-order valence-electron chi connectivity index (χ0n) is 11.2. The van der Waals surface area contributed by atoms with Crippen LogP contribution in [0.25, 0.3) is 0 Å². The van der Waals surface area contributed by atoms with E-state index in [0.717, 1.165) is 23.5 Å². The van der Waals surface area contributed by atoms with Crippen molar-refractivity contribution in [2.24, 2.45) is 5.73 Å². The van der Waals surface area contributed by atoms with E-state index in [0.29, 0.717) is 5.75 Å². The predicted molar refractivity (Wildman–Crippen MR) is 78.0 cm³/mol. The van der Waals surface area contributed by atoms with Crippen molar-refractivity contribution in [3.63, 3.8) is 0 Å². The van der Waals surface area contributed by atoms with Gasteiger partial charge in [-0.05, 0) is 36.3 Å². The third kappa shape index (κ3) is 3.78. The van der Waals surface area contributed by atoms with Crippen molar-refractivity contribution in [2.75, 3.05) is 25.2 Å². The lowest BCUT2D eigenvalue weighted by Gasteiger charge is -2.24. The number of aliphatic hydroxyl groups excluding tert-OH is 1. The Labute approximate surface area is 118 Å². The number of hydrogen-bond donors (Lipinski definition) is 2. The summed E-state index contributed by atoms with van der Waals surface area (Å²) in [7, 11) is 1.62. The zero-order valence-corrected chi connectivity index (χ0v) is 12.0. The molecule has 1 aliphatic heterocycles. The number of methoxy groups -OCH3 is 1. The number of nitrogens with two attached hydrogens (primary N) is 1. The molecule has 0 aliphatic carbocycles. The van der Waals surface area contributed by atoms with Crippen molar-refractivity contribution < 1.29 is 14.6 Å². The number of benzene rings is 1. The molecule has 0 saturated carbocycles. The van der Waals surface area contributed by atoms with E-state index in [2.05, 4.69) is 0 Å². The Kier molecular flexibility index (Phi) is 5.36. The molecular weight excluding hydrogens is 262 g/mol. The molecule has 2 atom stereocenters. The van der Waals surface area contributed by atoms with Gasteiger partial charge in [0, 0.05) is 5.75 Å². The molecule has 4 nitrogen and oxygen atoms in total. The van der Waals surface area contributed by atoms with Crippen molar-refractivity contribution in [1.82, 2.24) is 0 Å². The van der Waals surface area contributed by atoms with Gasteiger partial charge < -0.3 is 20.3 Å². The highest BCUT2D eigenvalue weighted by Gasteiger charge is 2.18. The first kappa shape index (κ1) is 14.5. The van der Waals surface area contributed by atoms with E-state index in [1.807, 2.05) is 30.0 Å². The van der Waals surface area contributed by atoms with Gasteiger partial charge in [-0.25, -0.2) is 0 Å². The van der Waals surface area contributed by atoms with E-state index in [1.54, 1.807) is 7.11 Å². The molecule has 1 aromatic rings. The molecule has 1 aromatic carbocycles. The van der Waals surface area contributed by atoms with E-state index >= 15 is 0 Å². The van der Waals surface area contributed by atoms with Gasteiger partial charge in [0.1, 0.15) is 6.10 Å². The van der Waals surface area contributed by atoms with Crippen molar-refractivity contribution in [2.45, 2.75) is 25.0 Å². The van der Waals surface area contributed by atoms with Gasteiger partial charge in [0.25, 0.3) is 0 Å². The fourth-order valence-electron chi connectivity index (χ4n) is 2.10. The summed E-state index contributed by atoms with van der Waals surface area (Å²) in [6.07, 6.45) is 2.55. The van der Waals surface area contributed by atoms with Crippen LogP contribution >= 0.6 is 11.8 Å².